The molecular formula is C7H14N2O. The van der Waals surface area contributed by atoms with Crippen molar-refractivity contribution < 1.29 is 5.11 Å². The van der Waals surface area contributed by atoms with Crippen LogP contribution in [0.15, 0.2) is 5.10 Å². The number of hydrogen-bond acceptors (Lipinski definition) is 3. The summed E-state index contributed by atoms with van der Waals surface area (Å²) in [5.74, 6) is 5.19. The number of aliphatic hydroxyl groups excluding tert-OH is 1. The standard InChI is InChI=1S/C7H14N2O/c8-9-5-6-3-1-2-4-7(6)10/h5-7,10H,1-4,8H2/b9-5+. The van der Waals surface area contributed by atoms with Gasteiger partial charge in [-0.05, 0) is 12.8 Å². The molecule has 1 aliphatic rings. The molecule has 0 aromatic heterocycles. The quantitative estimate of drug-likeness (QED) is 0.318. The van der Waals surface area contributed by atoms with Crippen molar-refractivity contribution in [3.05, 3.63) is 0 Å². The lowest BCUT2D eigenvalue weighted by molar-refractivity contribution is 0.103. The van der Waals surface area contributed by atoms with Crippen LogP contribution in [0.3, 0.4) is 0 Å². The van der Waals surface area contributed by atoms with Gasteiger partial charge in [-0.3, -0.25) is 0 Å². The van der Waals surface area contributed by atoms with Gasteiger partial charge in [0.25, 0.3) is 0 Å². The third-order valence-electron chi connectivity index (χ3n) is 2.06. The summed E-state index contributed by atoms with van der Waals surface area (Å²) < 4.78 is 0. The van der Waals surface area contributed by atoms with E-state index in [0.29, 0.717) is 0 Å². The van der Waals surface area contributed by atoms with Crippen LogP contribution in [0.2, 0.25) is 0 Å². The molecule has 1 fully saturated rings. The summed E-state index contributed by atoms with van der Waals surface area (Å²) in [6, 6.07) is 0. The Morgan fingerprint density at radius 3 is 2.70 bits per heavy atom. The molecule has 0 heterocycles. The molecule has 0 spiro atoms. The van der Waals surface area contributed by atoms with Crippen molar-refractivity contribution in [3.63, 3.8) is 0 Å². The fourth-order valence-corrected chi connectivity index (χ4v) is 1.42. The Morgan fingerprint density at radius 1 is 1.40 bits per heavy atom. The van der Waals surface area contributed by atoms with Gasteiger partial charge in [-0.15, -0.1) is 0 Å². The maximum absolute atomic E-state index is 9.35. The topological polar surface area (TPSA) is 58.6 Å². The number of aliphatic hydroxyl groups is 1. The predicted molar refractivity (Wildman–Crippen MR) is 40.6 cm³/mol. The highest BCUT2D eigenvalue weighted by Crippen LogP contribution is 2.22. The molecule has 3 N–H and O–H groups in total. The number of hydrogen-bond donors (Lipinski definition) is 2. The summed E-state index contributed by atoms with van der Waals surface area (Å²) in [5, 5.41) is 12.8. The van der Waals surface area contributed by atoms with Crippen molar-refractivity contribution in [1.29, 1.82) is 0 Å². The smallest absolute Gasteiger partial charge is 0.0618 e. The van der Waals surface area contributed by atoms with Crippen molar-refractivity contribution in [2.45, 2.75) is 31.8 Å². The average Bonchev–Trinajstić information content (AvgIpc) is 1.94. The van der Waals surface area contributed by atoms with Gasteiger partial charge in [0.05, 0.1) is 6.10 Å². The molecule has 0 aliphatic heterocycles. The number of nitrogens with zero attached hydrogens (tertiary/aromatic N) is 1. The molecule has 2 unspecified atom stereocenters. The zero-order valence-corrected chi connectivity index (χ0v) is 6.03. The van der Waals surface area contributed by atoms with Crippen LogP contribution in [-0.4, -0.2) is 17.4 Å². The Labute approximate surface area is 60.9 Å². The van der Waals surface area contributed by atoms with E-state index in [1.807, 2.05) is 0 Å². The van der Waals surface area contributed by atoms with Gasteiger partial charge in [0.2, 0.25) is 0 Å². The van der Waals surface area contributed by atoms with Gasteiger partial charge in [-0.25, -0.2) is 0 Å². The normalized spacial score (nSPS) is 34.9. The van der Waals surface area contributed by atoms with Crippen molar-refractivity contribution in [2.24, 2.45) is 16.9 Å². The van der Waals surface area contributed by atoms with Crippen molar-refractivity contribution in [1.82, 2.24) is 0 Å². The maximum atomic E-state index is 9.35. The molecule has 0 bridgehead atoms. The maximum Gasteiger partial charge on any atom is 0.0618 e. The monoisotopic (exact) mass is 142 g/mol. The Kier molecular flexibility index (Phi) is 2.68. The lowest BCUT2D eigenvalue weighted by atomic mass is 9.87. The molecule has 10 heavy (non-hydrogen) atoms. The van der Waals surface area contributed by atoms with E-state index in [4.69, 9.17) is 5.84 Å². The van der Waals surface area contributed by atoms with Crippen LogP contribution < -0.4 is 5.84 Å². The summed E-state index contributed by atoms with van der Waals surface area (Å²) in [4.78, 5) is 0. The molecular weight excluding hydrogens is 128 g/mol. The average molecular weight is 142 g/mol. The minimum atomic E-state index is -0.207. The molecule has 0 radical (unpaired) electrons. The zero-order valence-electron chi connectivity index (χ0n) is 6.03. The van der Waals surface area contributed by atoms with Crippen molar-refractivity contribution in [3.8, 4) is 0 Å². The molecule has 0 aromatic carbocycles. The second kappa shape index (κ2) is 3.56. The number of nitrogens with two attached hydrogens (primary N) is 1. The SMILES string of the molecule is N/N=C/C1CCCCC1O. The molecule has 2 atom stereocenters. The van der Waals surface area contributed by atoms with Crippen molar-refractivity contribution >= 4 is 6.21 Å². The van der Waals surface area contributed by atoms with Crippen LogP contribution >= 0.6 is 0 Å². The first-order chi connectivity index (χ1) is 4.84. The fraction of sp³-hybridized carbons (Fsp3) is 0.857. The summed E-state index contributed by atoms with van der Waals surface area (Å²) in [7, 11) is 0. The minimum Gasteiger partial charge on any atom is -0.392 e. The predicted octanol–water partition coefficient (Wildman–Crippen LogP) is 0.482. The van der Waals surface area contributed by atoms with Crippen LogP contribution in [-0.2, 0) is 0 Å². The van der Waals surface area contributed by atoms with Gasteiger partial charge in [0.15, 0.2) is 0 Å². The molecule has 1 rings (SSSR count). The molecule has 0 amide bonds. The summed E-state index contributed by atoms with van der Waals surface area (Å²) in [6.07, 6.45) is 5.70. The van der Waals surface area contributed by atoms with E-state index in [9.17, 15) is 5.11 Å². The van der Waals surface area contributed by atoms with E-state index in [-0.39, 0.29) is 12.0 Å². The number of rotatable bonds is 1. The van der Waals surface area contributed by atoms with E-state index in [0.717, 1.165) is 19.3 Å². The molecule has 58 valence electrons. The van der Waals surface area contributed by atoms with E-state index in [1.165, 1.54) is 6.42 Å². The van der Waals surface area contributed by atoms with Crippen LogP contribution in [0.5, 0.6) is 0 Å². The van der Waals surface area contributed by atoms with Crippen molar-refractivity contribution in [2.75, 3.05) is 0 Å². The summed E-state index contributed by atoms with van der Waals surface area (Å²) in [6.45, 7) is 0. The second-order valence-electron chi connectivity index (χ2n) is 2.81. The number of hydrazone groups is 1. The van der Waals surface area contributed by atoms with Gasteiger partial charge in [-0.2, -0.15) is 5.10 Å². The highest BCUT2D eigenvalue weighted by molar-refractivity contribution is 5.61. The summed E-state index contributed by atoms with van der Waals surface area (Å²) in [5.41, 5.74) is 0. The first-order valence-electron chi connectivity index (χ1n) is 3.76. The lowest BCUT2D eigenvalue weighted by Crippen LogP contribution is -2.25. The largest absolute Gasteiger partial charge is 0.392 e. The third-order valence-corrected chi connectivity index (χ3v) is 2.06. The van der Waals surface area contributed by atoms with Gasteiger partial charge >= 0.3 is 0 Å². The molecule has 0 saturated heterocycles. The first kappa shape index (κ1) is 7.54. The van der Waals surface area contributed by atoms with Crippen LogP contribution in [0.25, 0.3) is 0 Å². The van der Waals surface area contributed by atoms with Gasteiger partial charge in [0, 0.05) is 12.1 Å². The van der Waals surface area contributed by atoms with Crippen LogP contribution in [0.1, 0.15) is 25.7 Å². The second-order valence-corrected chi connectivity index (χ2v) is 2.81. The first-order valence-corrected chi connectivity index (χ1v) is 3.76. The fourth-order valence-electron chi connectivity index (χ4n) is 1.42. The molecule has 0 aromatic rings. The van der Waals surface area contributed by atoms with Gasteiger partial charge in [-0.1, -0.05) is 12.8 Å². The van der Waals surface area contributed by atoms with Gasteiger partial charge in [0.1, 0.15) is 0 Å². The molecule has 1 aliphatic carbocycles. The van der Waals surface area contributed by atoms with Crippen LogP contribution in [0, 0.1) is 5.92 Å². The van der Waals surface area contributed by atoms with Crippen LogP contribution in [0.4, 0.5) is 0 Å². The summed E-state index contributed by atoms with van der Waals surface area (Å²) >= 11 is 0. The van der Waals surface area contributed by atoms with E-state index in [1.54, 1.807) is 6.21 Å². The molecule has 3 nitrogen and oxygen atoms in total. The Balaban J connectivity index is 2.39. The zero-order chi connectivity index (χ0) is 7.40. The Morgan fingerprint density at radius 2 is 2.10 bits per heavy atom. The van der Waals surface area contributed by atoms with E-state index in [2.05, 4.69) is 5.10 Å². The lowest BCUT2D eigenvalue weighted by Gasteiger charge is -2.23. The Hall–Kier alpha value is -0.570. The van der Waals surface area contributed by atoms with Gasteiger partial charge < -0.3 is 10.9 Å². The Bertz CT molecular complexity index is 125. The van der Waals surface area contributed by atoms with E-state index >= 15 is 0 Å². The van der Waals surface area contributed by atoms with E-state index < -0.39 is 0 Å². The minimum absolute atomic E-state index is 0.207. The molecule has 1 saturated carbocycles. The highest BCUT2D eigenvalue weighted by Gasteiger charge is 2.20. The highest BCUT2D eigenvalue weighted by atomic mass is 16.3. The molecule has 3 heteroatoms. The third kappa shape index (κ3) is 1.70.